The van der Waals surface area contributed by atoms with Gasteiger partial charge in [0, 0.05) is 32.3 Å². The fourth-order valence-corrected chi connectivity index (χ4v) is 6.55. The predicted molar refractivity (Wildman–Crippen MR) is 125 cm³/mol. The summed E-state index contributed by atoms with van der Waals surface area (Å²) in [6, 6.07) is 21.8. The van der Waals surface area contributed by atoms with Crippen LogP contribution in [0.4, 0.5) is 8.78 Å². The molecular formula is C26H25F2NO4S. The van der Waals surface area contributed by atoms with Gasteiger partial charge in [-0.1, -0.05) is 60.7 Å². The average molecular weight is 486 g/mol. The Bertz CT molecular complexity index is 1220. The number of sulfone groups is 1. The number of benzene rings is 3. The second-order valence-electron chi connectivity index (χ2n) is 8.70. The molecule has 1 unspecified atom stereocenters. The van der Waals surface area contributed by atoms with Crippen molar-refractivity contribution < 1.29 is 26.7 Å². The number of carbonyl (C=O) groups is 1. The fourth-order valence-electron chi connectivity index (χ4n) is 4.95. The smallest absolute Gasteiger partial charge is 0.303 e. The molecular weight excluding hydrogens is 460 g/mol. The lowest BCUT2D eigenvalue weighted by Gasteiger charge is -2.54. The molecule has 1 aliphatic heterocycles. The first kappa shape index (κ1) is 24.0. The van der Waals surface area contributed by atoms with Crippen LogP contribution >= 0.6 is 0 Å². The Labute approximate surface area is 197 Å². The monoisotopic (exact) mass is 485 g/mol. The van der Waals surface area contributed by atoms with E-state index in [0.29, 0.717) is 6.07 Å². The maximum Gasteiger partial charge on any atom is 0.303 e. The molecule has 8 heteroatoms. The largest absolute Gasteiger partial charge is 0.455 e. The molecule has 5 nitrogen and oxygen atoms in total. The molecule has 0 spiro atoms. The lowest BCUT2D eigenvalue weighted by atomic mass is 9.82. The summed E-state index contributed by atoms with van der Waals surface area (Å²) < 4.78 is 59.6. The maximum atomic E-state index is 14.0. The van der Waals surface area contributed by atoms with Gasteiger partial charge >= 0.3 is 5.97 Å². The van der Waals surface area contributed by atoms with Gasteiger partial charge in [-0.2, -0.15) is 0 Å². The summed E-state index contributed by atoms with van der Waals surface area (Å²) in [5.74, 6) is -2.46. The lowest BCUT2D eigenvalue weighted by molar-refractivity contribution is -0.182. The number of carbonyl (C=O) groups excluding carboxylic acids is 1. The summed E-state index contributed by atoms with van der Waals surface area (Å²) in [6.45, 7) is 1.33. The summed E-state index contributed by atoms with van der Waals surface area (Å²) in [5, 5.41) is -1.43. The highest BCUT2D eigenvalue weighted by atomic mass is 32.2. The molecule has 1 aliphatic rings. The van der Waals surface area contributed by atoms with Gasteiger partial charge in [-0.15, -0.1) is 0 Å². The highest BCUT2D eigenvalue weighted by molar-refractivity contribution is 7.91. The van der Waals surface area contributed by atoms with Crippen molar-refractivity contribution in [1.82, 2.24) is 4.90 Å². The van der Waals surface area contributed by atoms with Gasteiger partial charge in [0.25, 0.3) is 0 Å². The third-order valence-electron chi connectivity index (χ3n) is 5.98. The van der Waals surface area contributed by atoms with Gasteiger partial charge in [0.15, 0.2) is 15.4 Å². The Balaban J connectivity index is 1.78. The number of hydrogen-bond donors (Lipinski definition) is 0. The van der Waals surface area contributed by atoms with Crippen LogP contribution in [0.1, 0.15) is 34.9 Å². The second-order valence-corrected chi connectivity index (χ2v) is 10.8. The molecule has 1 atom stereocenters. The summed E-state index contributed by atoms with van der Waals surface area (Å²) in [4.78, 5) is 14.1. The molecule has 0 amide bonds. The normalized spacial score (nSPS) is 16.6. The zero-order valence-corrected chi connectivity index (χ0v) is 19.6. The first-order chi connectivity index (χ1) is 16.1. The van der Waals surface area contributed by atoms with Crippen molar-refractivity contribution in [3.63, 3.8) is 0 Å². The number of nitrogens with zero attached hydrogens (tertiary/aromatic N) is 1. The second kappa shape index (κ2) is 9.27. The Kier molecular flexibility index (Phi) is 6.55. The van der Waals surface area contributed by atoms with E-state index in [4.69, 9.17) is 4.74 Å². The number of esters is 1. The first-order valence-electron chi connectivity index (χ1n) is 10.8. The summed E-state index contributed by atoms with van der Waals surface area (Å²) in [5.41, 5.74) is 0.383. The Morgan fingerprint density at radius 2 is 1.35 bits per heavy atom. The fraction of sp³-hybridized carbons (Fsp3) is 0.269. The van der Waals surface area contributed by atoms with E-state index in [1.54, 1.807) is 0 Å². The molecule has 0 bridgehead atoms. The number of halogens is 2. The van der Waals surface area contributed by atoms with Crippen molar-refractivity contribution in [3.05, 3.63) is 107 Å². The maximum absolute atomic E-state index is 14.0. The molecule has 1 fully saturated rings. The number of likely N-dealkylation sites (tertiary alicyclic amines) is 1. The highest BCUT2D eigenvalue weighted by Gasteiger charge is 2.58. The number of rotatable bonds is 7. The van der Waals surface area contributed by atoms with Crippen LogP contribution in [-0.4, -0.2) is 44.2 Å². The van der Waals surface area contributed by atoms with Gasteiger partial charge < -0.3 is 4.74 Å². The van der Waals surface area contributed by atoms with Gasteiger partial charge in [-0.25, -0.2) is 17.2 Å². The van der Waals surface area contributed by atoms with E-state index in [1.807, 2.05) is 65.6 Å². The van der Waals surface area contributed by atoms with Crippen LogP contribution in [0.25, 0.3) is 0 Å². The van der Waals surface area contributed by atoms with Crippen molar-refractivity contribution in [2.45, 2.75) is 23.8 Å². The van der Waals surface area contributed by atoms with Crippen LogP contribution in [0.3, 0.4) is 0 Å². The number of ether oxygens (including phenoxy) is 1. The third-order valence-corrected chi connectivity index (χ3v) is 7.54. The van der Waals surface area contributed by atoms with Crippen molar-refractivity contribution >= 4 is 15.8 Å². The average Bonchev–Trinajstić information content (AvgIpc) is 2.72. The molecule has 3 aromatic carbocycles. The van der Waals surface area contributed by atoms with E-state index in [9.17, 15) is 22.0 Å². The van der Waals surface area contributed by atoms with Gasteiger partial charge in [0.1, 0.15) is 16.9 Å². The molecule has 178 valence electrons. The standard InChI is InChI=1S/C26H25F2NO4S/c1-18(30)33-26(25(34(2,31)32)21-13-22(27)15-23(28)14-21)16-29(17-26)24(19-9-5-3-6-10-19)20-11-7-4-8-12-20/h3-15,24-25H,16-17H2,1-2H3. The molecule has 1 saturated heterocycles. The van der Waals surface area contributed by atoms with Crippen LogP contribution in [0.5, 0.6) is 0 Å². The SMILES string of the molecule is CC(=O)OC1(C(c2cc(F)cc(F)c2)S(C)(=O)=O)CN(C(c2ccccc2)c2ccccc2)C1. The van der Waals surface area contributed by atoms with Crippen molar-refractivity contribution in [2.75, 3.05) is 19.3 Å². The van der Waals surface area contributed by atoms with Gasteiger partial charge in [0.2, 0.25) is 0 Å². The molecule has 0 aliphatic carbocycles. The van der Waals surface area contributed by atoms with Crippen molar-refractivity contribution in [1.29, 1.82) is 0 Å². The molecule has 4 rings (SSSR count). The molecule has 0 radical (unpaired) electrons. The van der Waals surface area contributed by atoms with E-state index in [-0.39, 0.29) is 24.7 Å². The molecule has 0 N–H and O–H groups in total. The zero-order chi connectivity index (χ0) is 24.5. The van der Waals surface area contributed by atoms with Crippen LogP contribution in [0, 0.1) is 11.6 Å². The Morgan fingerprint density at radius 3 is 1.76 bits per heavy atom. The van der Waals surface area contributed by atoms with Gasteiger partial charge in [0.05, 0.1) is 6.04 Å². The molecule has 34 heavy (non-hydrogen) atoms. The van der Waals surface area contributed by atoms with E-state index < -0.39 is 38.3 Å². The van der Waals surface area contributed by atoms with Gasteiger partial charge in [-0.3, -0.25) is 9.69 Å². The zero-order valence-electron chi connectivity index (χ0n) is 18.8. The van der Waals surface area contributed by atoms with Crippen LogP contribution in [0.2, 0.25) is 0 Å². The highest BCUT2D eigenvalue weighted by Crippen LogP contribution is 2.47. The molecule has 1 heterocycles. The van der Waals surface area contributed by atoms with Crippen molar-refractivity contribution in [3.8, 4) is 0 Å². The minimum absolute atomic E-state index is 0.0664. The lowest BCUT2D eigenvalue weighted by Crippen LogP contribution is -2.68. The molecule has 0 aromatic heterocycles. The quantitative estimate of drug-likeness (QED) is 0.463. The predicted octanol–water partition coefficient (Wildman–Crippen LogP) is 4.46. The van der Waals surface area contributed by atoms with Crippen LogP contribution in [-0.2, 0) is 19.4 Å². The van der Waals surface area contributed by atoms with Crippen molar-refractivity contribution in [2.24, 2.45) is 0 Å². The summed E-state index contributed by atoms with van der Waals surface area (Å²) >= 11 is 0. The van der Waals surface area contributed by atoms with E-state index in [0.717, 1.165) is 29.5 Å². The molecule has 3 aromatic rings. The Hall–Kier alpha value is -3.10. The minimum atomic E-state index is -3.93. The summed E-state index contributed by atoms with van der Waals surface area (Å²) in [6.07, 6.45) is 0.986. The molecule has 0 saturated carbocycles. The van der Waals surface area contributed by atoms with Crippen LogP contribution in [0.15, 0.2) is 78.9 Å². The first-order valence-corrected chi connectivity index (χ1v) is 12.7. The van der Waals surface area contributed by atoms with Gasteiger partial charge in [-0.05, 0) is 28.8 Å². The van der Waals surface area contributed by atoms with Crippen LogP contribution < -0.4 is 0 Å². The third kappa shape index (κ3) is 4.88. The number of hydrogen-bond acceptors (Lipinski definition) is 5. The van der Waals surface area contributed by atoms with E-state index >= 15 is 0 Å². The minimum Gasteiger partial charge on any atom is -0.455 e. The Morgan fingerprint density at radius 1 is 0.882 bits per heavy atom. The topological polar surface area (TPSA) is 63.7 Å². The van der Waals surface area contributed by atoms with E-state index in [1.165, 1.54) is 6.92 Å². The van der Waals surface area contributed by atoms with E-state index in [2.05, 4.69) is 0 Å². The summed E-state index contributed by atoms with van der Waals surface area (Å²) in [7, 11) is -3.93.